The number of alkyl halides is 3. The van der Waals surface area contributed by atoms with Crippen molar-refractivity contribution in [1.29, 1.82) is 5.53 Å². The van der Waals surface area contributed by atoms with Crippen molar-refractivity contribution in [3.63, 3.8) is 0 Å². The molecule has 0 aromatic carbocycles. The van der Waals surface area contributed by atoms with Crippen molar-refractivity contribution in [2.24, 2.45) is 5.11 Å². The molecule has 0 aliphatic carbocycles. The minimum absolute atomic E-state index is 0.422. The number of nitrogens with one attached hydrogen (secondary N) is 1. The van der Waals surface area contributed by atoms with Gasteiger partial charge in [-0.1, -0.05) is 13.3 Å². The lowest BCUT2D eigenvalue weighted by Gasteiger charge is -2.14. The van der Waals surface area contributed by atoms with Crippen LogP contribution in [0.5, 0.6) is 0 Å². The van der Waals surface area contributed by atoms with Crippen molar-refractivity contribution < 1.29 is 18.0 Å². The molecule has 2 N–H and O–H groups in total. The summed E-state index contributed by atoms with van der Waals surface area (Å²) in [5.41, 5.74) is 6.41. The van der Waals surface area contributed by atoms with E-state index in [1.807, 2.05) is 0 Å². The highest BCUT2D eigenvalue weighted by Gasteiger charge is 2.78. The van der Waals surface area contributed by atoms with Crippen molar-refractivity contribution in [3.05, 3.63) is 0 Å². The summed E-state index contributed by atoms with van der Waals surface area (Å²) in [6.45, 7) is 3.17. The number of nitrogens with zero attached hydrogens (tertiary/aromatic N) is 1. The Labute approximate surface area is 81.0 Å². The maximum Gasteiger partial charge on any atom is 0.391 e. The van der Waals surface area contributed by atoms with E-state index >= 15 is 0 Å². The fourth-order valence-electron chi connectivity index (χ4n) is 2.33. The van der Waals surface area contributed by atoms with Crippen LogP contribution in [-0.2, 0) is 0 Å². The number of hydrogen-bond donors (Lipinski definition) is 2. The van der Waals surface area contributed by atoms with Gasteiger partial charge in [0.2, 0.25) is 8.32 Å². The number of halogens is 3. The summed E-state index contributed by atoms with van der Waals surface area (Å²) in [7, 11) is -2.95. The molecule has 1 aliphatic heterocycles. The largest absolute Gasteiger partial charge is 0.429 e. The van der Waals surface area contributed by atoms with Crippen molar-refractivity contribution >= 4 is 8.32 Å². The SMILES string of the molecule is CCC1C(CC(F)(F)F)(N=N)[Si@@]1(C)O. The fraction of sp³-hybridized carbons (Fsp3) is 1.00. The standard InChI is InChI=1S/C7H13F3N2OSi/c1-3-5-6(12-11,14(5,2)13)4-7(8,9)10/h5,11,13H,3-4H2,1-2H3/t5?,6?,14-/m0/s1. The van der Waals surface area contributed by atoms with Gasteiger partial charge in [0.05, 0.1) is 6.42 Å². The zero-order chi connectivity index (χ0) is 11.2. The lowest BCUT2D eigenvalue weighted by molar-refractivity contribution is -0.139. The first-order valence-corrected chi connectivity index (χ1v) is 6.91. The molecule has 0 spiro atoms. The van der Waals surface area contributed by atoms with E-state index in [1.165, 1.54) is 6.55 Å². The van der Waals surface area contributed by atoms with E-state index in [1.54, 1.807) is 6.92 Å². The van der Waals surface area contributed by atoms with Crippen molar-refractivity contribution in [3.8, 4) is 0 Å². The molecule has 1 saturated heterocycles. The fourth-order valence-corrected chi connectivity index (χ4v) is 6.41. The molecular weight excluding hydrogens is 213 g/mol. The third-order valence-corrected chi connectivity index (χ3v) is 7.45. The van der Waals surface area contributed by atoms with Crippen LogP contribution in [-0.4, -0.2) is 24.5 Å². The molecule has 1 heterocycles. The van der Waals surface area contributed by atoms with E-state index in [9.17, 15) is 18.0 Å². The second-order valence-corrected chi connectivity index (χ2v) is 7.79. The molecule has 2 unspecified atom stereocenters. The molecule has 14 heavy (non-hydrogen) atoms. The molecule has 1 aliphatic rings. The Kier molecular flexibility index (Phi) is 2.52. The van der Waals surface area contributed by atoms with Gasteiger partial charge in [0, 0.05) is 5.54 Å². The Bertz CT molecular complexity index is 256. The highest BCUT2D eigenvalue weighted by atomic mass is 28.4. The minimum atomic E-state index is -4.36. The second kappa shape index (κ2) is 3.03. The van der Waals surface area contributed by atoms with E-state index < -0.39 is 31.6 Å². The van der Waals surface area contributed by atoms with Crippen LogP contribution in [0.25, 0.3) is 0 Å². The average Bonchev–Trinajstić information content (AvgIpc) is 2.44. The van der Waals surface area contributed by atoms with Crippen LogP contribution in [0, 0.1) is 5.53 Å². The van der Waals surface area contributed by atoms with Gasteiger partial charge in [0.25, 0.3) is 0 Å². The molecule has 0 radical (unpaired) electrons. The van der Waals surface area contributed by atoms with Crippen LogP contribution < -0.4 is 0 Å². The van der Waals surface area contributed by atoms with Crippen LogP contribution in [0.2, 0.25) is 12.1 Å². The highest BCUT2D eigenvalue weighted by molar-refractivity contribution is 6.87. The molecular formula is C7H13F3N2OSi. The molecule has 1 rings (SSSR count). The van der Waals surface area contributed by atoms with E-state index in [-0.39, 0.29) is 0 Å². The Balaban J connectivity index is 2.87. The molecule has 82 valence electrons. The normalized spacial score (nSPS) is 42.3. The summed E-state index contributed by atoms with van der Waals surface area (Å²) in [6, 6.07) is 0. The number of hydrogen-bond acceptors (Lipinski definition) is 3. The van der Waals surface area contributed by atoms with Crippen LogP contribution in [0.3, 0.4) is 0 Å². The third-order valence-electron chi connectivity index (χ3n) is 3.13. The Hall–Kier alpha value is -0.433. The van der Waals surface area contributed by atoms with Crippen LogP contribution in [0.1, 0.15) is 19.8 Å². The lowest BCUT2D eigenvalue weighted by Crippen LogP contribution is -2.30. The summed E-state index contributed by atoms with van der Waals surface area (Å²) in [6.07, 6.45) is -5.05. The summed E-state index contributed by atoms with van der Waals surface area (Å²) in [4.78, 5) is 9.79. The molecule has 0 amide bonds. The van der Waals surface area contributed by atoms with Gasteiger partial charge in [-0.05, 0) is 6.55 Å². The monoisotopic (exact) mass is 226 g/mol. The Morgan fingerprint density at radius 1 is 1.57 bits per heavy atom. The van der Waals surface area contributed by atoms with Gasteiger partial charge in [-0.3, -0.25) is 0 Å². The maximum absolute atomic E-state index is 12.2. The first-order valence-electron chi connectivity index (χ1n) is 4.39. The zero-order valence-electron chi connectivity index (χ0n) is 8.02. The van der Waals surface area contributed by atoms with Gasteiger partial charge < -0.3 is 4.80 Å². The number of rotatable bonds is 3. The predicted octanol–water partition coefficient (Wildman–Crippen LogP) is 2.61. The van der Waals surface area contributed by atoms with Gasteiger partial charge in [0.15, 0.2) is 0 Å². The summed E-state index contributed by atoms with van der Waals surface area (Å²) in [5.74, 6) is 0. The molecule has 0 aromatic heterocycles. The topological polar surface area (TPSA) is 56.4 Å². The van der Waals surface area contributed by atoms with Crippen LogP contribution in [0.4, 0.5) is 13.2 Å². The third kappa shape index (κ3) is 1.48. The van der Waals surface area contributed by atoms with E-state index in [4.69, 9.17) is 5.53 Å². The Morgan fingerprint density at radius 2 is 2.07 bits per heavy atom. The molecule has 1 fully saturated rings. The highest BCUT2D eigenvalue weighted by Crippen LogP contribution is 2.64. The van der Waals surface area contributed by atoms with Crippen LogP contribution in [0.15, 0.2) is 5.11 Å². The van der Waals surface area contributed by atoms with Gasteiger partial charge in [-0.25, -0.2) is 5.53 Å². The molecule has 3 nitrogen and oxygen atoms in total. The van der Waals surface area contributed by atoms with E-state index in [0.717, 1.165) is 0 Å². The molecule has 3 atom stereocenters. The van der Waals surface area contributed by atoms with Gasteiger partial charge in [0.1, 0.15) is 5.16 Å². The molecule has 0 aromatic rings. The van der Waals surface area contributed by atoms with Gasteiger partial charge in [-0.15, -0.1) is 0 Å². The summed E-state index contributed by atoms with van der Waals surface area (Å²) >= 11 is 0. The first-order chi connectivity index (χ1) is 6.21. The van der Waals surface area contributed by atoms with E-state index in [2.05, 4.69) is 5.11 Å². The predicted molar refractivity (Wildman–Crippen MR) is 46.4 cm³/mol. The molecule has 0 saturated carbocycles. The minimum Gasteiger partial charge on any atom is -0.429 e. The van der Waals surface area contributed by atoms with Crippen molar-refractivity contribution in [2.45, 2.75) is 43.2 Å². The Morgan fingerprint density at radius 3 is 2.29 bits per heavy atom. The van der Waals surface area contributed by atoms with E-state index in [0.29, 0.717) is 6.42 Å². The smallest absolute Gasteiger partial charge is 0.391 e. The van der Waals surface area contributed by atoms with Crippen molar-refractivity contribution in [2.75, 3.05) is 0 Å². The molecule has 0 bridgehead atoms. The second-order valence-electron chi connectivity index (χ2n) is 3.94. The first kappa shape index (κ1) is 11.6. The van der Waals surface area contributed by atoms with Crippen LogP contribution >= 0.6 is 0 Å². The van der Waals surface area contributed by atoms with Gasteiger partial charge in [-0.2, -0.15) is 18.3 Å². The lowest BCUT2D eigenvalue weighted by atomic mass is 10.1. The molecule has 7 heteroatoms. The zero-order valence-corrected chi connectivity index (χ0v) is 9.02. The summed E-state index contributed by atoms with van der Waals surface area (Å²) in [5, 5.41) is 1.56. The van der Waals surface area contributed by atoms with Crippen molar-refractivity contribution in [1.82, 2.24) is 0 Å². The average molecular weight is 226 g/mol. The quantitative estimate of drug-likeness (QED) is 0.564. The summed E-state index contributed by atoms with van der Waals surface area (Å²) < 4.78 is 36.6. The van der Waals surface area contributed by atoms with Gasteiger partial charge >= 0.3 is 6.18 Å². The maximum atomic E-state index is 12.2.